The maximum absolute atomic E-state index is 13.0. The predicted octanol–water partition coefficient (Wildman–Crippen LogP) is 2.29. The molecule has 2 aliphatic rings. The summed E-state index contributed by atoms with van der Waals surface area (Å²) in [6, 6.07) is 8.62. The van der Waals surface area contributed by atoms with Crippen LogP contribution in [0.5, 0.6) is 5.75 Å². The molecule has 0 aliphatic carbocycles. The van der Waals surface area contributed by atoms with Crippen molar-refractivity contribution in [1.29, 1.82) is 0 Å². The number of ether oxygens (including phenoxy) is 1. The van der Waals surface area contributed by atoms with E-state index in [4.69, 9.17) is 9.72 Å². The van der Waals surface area contributed by atoms with Crippen LogP contribution in [0.4, 0.5) is 11.8 Å². The summed E-state index contributed by atoms with van der Waals surface area (Å²) in [5.41, 5.74) is 0.936. The van der Waals surface area contributed by atoms with Gasteiger partial charge in [-0.25, -0.2) is 13.4 Å². The molecule has 2 aliphatic heterocycles. The van der Waals surface area contributed by atoms with E-state index in [9.17, 15) is 8.42 Å². The fourth-order valence-corrected chi connectivity index (χ4v) is 5.36. The molecule has 0 N–H and O–H groups in total. The molecule has 162 valence electrons. The Labute approximate surface area is 178 Å². The lowest BCUT2D eigenvalue weighted by Gasteiger charge is -2.35. The van der Waals surface area contributed by atoms with E-state index in [1.54, 1.807) is 28.6 Å². The van der Waals surface area contributed by atoms with Gasteiger partial charge in [0.2, 0.25) is 16.0 Å². The Kier molecular flexibility index (Phi) is 6.10. The van der Waals surface area contributed by atoms with E-state index in [2.05, 4.69) is 14.8 Å². The Morgan fingerprint density at radius 3 is 2.23 bits per heavy atom. The van der Waals surface area contributed by atoms with E-state index in [1.165, 1.54) is 12.8 Å². The summed E-state index contributed by atoms with van der Waals surface area (Å²) >= 11 is 0. The van der Waals surface area contributed by atoms with E-state index in [1.807, 2.05) is 19.9 Å². The number of hydrogen-bond donors (Lipinski definition) is 0. The highest BCUT2D eigenvalue weighted by Crippen LogP contribution is 2.24. The SMILES string of the molecule is CCOc1ccc(S(=O)(=O)N2CCN(c3cc(C)nc(N4CCCC4)n3)CC2)cc1. The summed E-state index contributed by atoms with van der Waals surface area (Å²) in [6.45, 7) is 8.49. The van der Waals surface area contributed by atoms with Crippen molar-refractivity contribution in [2.24, 2.45) is 0 Å². The Morgan fingerprint density at radius 2 is 1.60 bits per heavy atom. The number of aryl methyl sites for hydroxylation is 1. The van der Waals surface area contributed by atoms with Crippen LogP contribution < -0.4 is 14.5 Å². The van der Waals surface area contributed by atoms with Crippen LogP contribution in [0.2, 0.25) is 0 Å². The van der Waals surface area contributed by atoms with Gasteiger partial charge >= 0.3 is 0 Å². The average Bonchev–Trinajstić information content (AvgIpc) is 3.29. The van der Waals surface area contributed by atoms with E-state index in [0.717, 1.165) is 30.5 Å². The summed E-state index contributed by atoms with van der Waals surface area (Å²) < 4.78 is 33.0. The summed E-state index contributed by atoms with van der Waals surface area (Å²) in [6.07, 6.45) is 2.35. The zero-order valence-electron chi connectivity index (χ0n) is 17.6. The first-order valence-electron chi connectivity index (χ1n) is 10.6. The van der Waals surface area contributed by atoms with Crippen molar-refractivity contribution in [3.05, 3.63) is 36.0 Å². The molecule has 0 atom stereocenters. The molecule has 0 amide bonds. The van der Waals surface area contributed by atoms with Crippen LogP contribution >= 0.6 is 0 Å². The van der Waals surface area contributed by atoms with Crippen molar-refractivity contribution in [3.63, 3.8) is 0 Å². The monoisotopic (exact) mass is 431 g/mol. The molecule has 0 radical (unpaired) electrons. The third-order valence-electron chi connectivity index (χ3n) is 5.55. The number of aromatic nitrogens is 2. The minimum Gasteiger partial charge on any atom is -0.494 e. The van der Waals surface area contributed by atoms with Crippen molar-refractivity contribution in [1.82, 2.24) is 14.3 Å². The van der Waals surface area contributed by atoms with Crippen molar-refractivity contribution in [2.75, 3.05) is 55.7 Å². The minimum atomic E-state index is -3.52. The molecule has 0 bridgehead atoms. The van der Waals surface area contributed by atoms with Gasteiger partial charge in [0.05, 0.1) is 11.5 Å². The molecule has 0 unspecified atom stereocenters. The molecule has 0 spiro atoms. The summed E-state index contributed by atoms with van der Waals surface area (Å²) in [4.78, 5) is 14.0. The highest BCUT2D eigenvalue weighted by atomic mass is 32.2. The van der Waals surface area contributed by atoms with Crippen LogP contribution in [0.1, 0.15) is 25.5 Å². The lowest BCUT2D eigenvalue weighted by molar-refractivity contribution is 0.340. The highest BCUT2D eigenvalue weighted by molar-refractivity contribution is 7.89. The van der Waals surface area contributed by atoms with Gasteiger partial charge < -0.3 is 14.5 Å². The summed E-state index contributed by atoms with van der Waals surface area (Å²) in [7, 11) is -3.52. The van der Waals surface area contributed by atoms with Crippen LogP contribution in [-0.2, 0) is 10.0 Å². The van der Waals surface area contributed by atoms with E-state index >= 15 is 0 Å². The number of rotatable bonds is 6. The van der Waals surface area contributed by atoms with Gasteiger partial charge in [-0.15, -0.1) is 0 Å². The second-order valence-electron chi connectivity index (χ2n) is 7.66. The van der Waals surface area contributed by atoms with Crippen LogP contribution in [0.3, 0.4) is 0 Å². The minimum absolute atomic E-state index is 0.300. The molecule has 0 saturated carbocycles. The number of nitrogens with zero attached hydrogens (tertiary/aromatic N) is 5. The molecule has 1 aromatic heterocycles. The molecule has 30 heavy (non-hydrogen) atoms. The maximum atomic E-state index is 13.0. The normalized spacial score (nSPS) is 18.1. The molecular formula is C21H29N5O3S. The number of sulfonamides is 1. The fraction of sp³-hybridized carbons (Fsp3) is 0.524. The smallest absolute Gasteiger partial charge is 0.243 e. The van der Waals surface area contributed by atoms with Gasteiger partial charge in [0.1, 0.15) is 11.6 Å². The number of benzene rings is 1. The molecule has 1 aromatic carbocycles. The zero-order valence-corrected chi connectivity index (χ0v) is 18.4. The second-order valence-corrected chi connectivity index (χ2v) is 9.60. The predicted molar refractivity (Wildman–Crippen MR) is 117 cm³/mol. The number of piperazine rings is 1. The van der Waals surface area contributed by atoms with Crippen LogP contribution in [0, 0.1) is 6.92 Å². The number of anilines is 2. The first kappa shape index (κ1) is 20.9. The largest absolute Gasteiger partial charge is 0.494 e. The Balaban J connectivity index is 1.44. The highest BCUT2D eigenvalue weighted by Gasteiger charge is 2.29. The third-order valence-corrected chi connectivity index (χ3v) is 7.47. The van der Waals surface area contributed by atoms with Gasteiger partial charge in [-0.3, -0.25) is 0 Å². The molecule has 2 saturated heterocycles. The Hall–Kier alpha value is -2.39. The van der Waals surface area contributed by atoms with Gasteiger partial charge in [0.25, 0.3) is 0 Å². The first-order chi connectivity index (χ1) is 14.5. The standard InChI is InChI=1S/C21H29N5O3S/c1-3-29-18-6-8-19(9-7-18)30(27,28)26-14-12-24(13-15-26)20-16-17(2)22-21(23-20)25-10-4-5-11-25/h6-9,16H,3-5,10-15H2,1-2H3. The fourth-order valence-electron chi connectivity index (χ4n) is 3.94. The van der Waals surface area contributed by atoms with Gasteiger partial charge in [-0.05, 0) is 51.0 Å². The molecular weight excluding hydrogens is 402 g/mol. The van der Waals surface area contributed by atoms with Gasteiger partial charge in [0, 0.05) is 51.0 Å². The molecule has 2 aromatic rings. The molecule has 4 rings (SSSR count). The van der Waals surface area contributed by atoms with Crippen LogP contribution in [-0.4, -0.2) is 68.6 Å². The first-order valence-corrected chi connectivity index (χ1v) is 12.0. The van der Waals surface area contributed by atoms with Crippen molar-refractivity contribution >= 4 is 21.8 Å². The molecule has 9 heteroatoms. The van der Waals surface area contributed by atoms with E-state index in [-0.39, 0.29) is 0 Å². The van der Waals surface area contributed by atoms with Crippen molar-refractivity contribution in [3.8, 4) is 5.75 Å². The quantitative estimate of drug-likeness (QED) is 0.694. The Morgan fingerprint density at radius 1 is 0.933 bits per heavy atom. The van der Waals surface area contributed by atoms with Crippen molar-refractivity contribution in [2.45, 2.75) is 31.6 Å². The maximum Gasteiger partial charge on any atom is 0.243 e. The summed E-state index contributed by atoms with van der Waals surface area (Å²) in [5, 5.41) is 0. The van der Waals surface area contributed by atoms with E-state index < -0.39 is 10.0 Å². The average molecular weight is 432 g/mol. The second kappa shape index (κ2) is 8.77. The molecule has 3 heterocycles. The molecule has 8 nitrogen and oxygen atoms in total. The number of hydrogen-bond acceptors (Lipinski definition) is 7. The van der Waals surface area contributed by atoms with Crippen LogP contribution in [0.25, 0.3) is 0 Å². The van der Waals surface area contributed by atoms with Crippen molar-refractivity contribution < 1.29 is 13.2 Å². The topological polar surface area (TPSA) is 78.9 Å². The van der Waals surface area contributed by atoms with E-state index in [0.29, 0.717) is 43.4 Å². The summed E-state index contributed by atoms with van der Waals surface area (Å²) in [5.74, 6) is 2.34. The molecule has 2 fully saturated rings. The van der Waals surface area contributed by atoms with Gasteiger partial charge in [0.15, 0.2) is 0 Å². The lowest BCUT2D eigenvalue weighted by Crippen LogP contribution is -2.49. The zero-order chi connectivity index (χ0) is 21.1. The van der Waals surface area contributed by atoms with Gasteiger partial charge in [-0.2, -0.15) is 9.29 Å². The van der Waals surface area contributed by atoms with Gasteiger partial charge in [-0.1, -0.05) is 0 Å². The third kappa shape index (κ3) is 4.37. The van der Waals surface area contributed by atoms with Crippen LogP contribution in [0.15, 0.2) is 35.2 Å². The lowest BCUT2D eigenvalue weighted by atomic mass is 10.3. The Bertz CT molecular complexity index is 967.